The van der Waals surface area contributed by atoms with Crippen LogP contribution in [0.25, 0.3) is 22.6 Å². The molecule has 0 N–H and O–H groups in total. The van der Waals surface area contributed by atoms with Gasteiger partial charge in [0.05, 0.1) is 12.2 Å². The van der Waals surface area contributed by atoms with E-state index in [2.05, 4.69) is 10.2 Å². The van der Waals surface area contributed by atoms with Crippen molar-refractivity contribution >= 4 is 23.2 Å². The summed E-state index contributed by atoms with van der Waals surface area (Å²) in [6, 6.07) is 16.1. The van der Waals surface area contributed by atoms with E-state index in [9.17, 15) is 18.0 Å². The molecule has 1 aliphatic heterocycles. The average Bonchev–Trinajstić information content (AvgIpc) is 3.39. The van der Waals surface area contributed by atoms with Crippen LogP contribution in [0.3, 0.4) is 0 Å². The van der Waals surface area contributed by atoms with Crippen LogP contribution in [-0.2, 0) is 6.54 Å². The van der Waals surface area contributed by atoms with Gasteiger partial charge in [-0.3, -0.25) is 4.79 Å². The summed E-state index contributed by atoms with van der Waals surface area (Å²) in [4.78, 5) is 14.7. The number of alkyl halides is 2. The fraction of sp³-hybridized carbons (Fsp3) is 0.0870. The van der Waals surface area contributed by atoms with Crippen LogP contribution in [0.5, 0.6) is 0 Å². The molecule has 3 aromatic carbocycles. The Morgan fingerprint density at radius 2 is 1.81 bits per heavy atom. The molecule has 4 aromatic rings. The van der Waals surface area contributed by atoms with E-state index in [1.54, 1.807) is 42.5 Å². The summed E-state index contributed by atoms with van der Waals surface area (Å²) in [5, 5.41) is 7.38. The zero-order valence-electron chi connectivity index (χ0n) is 16.2. The van der Waals surface area contributed by atoms with Crippen molar-refractivity contribution in [2.45, 2.75) is 13.0 Å². The minimum Gasteiger partial charge on any atom is -0.415 e. The van der Waals surface area contributed by atoms with Gasteiger partial charge in [-0.1, -0.05) is 35.9 Å². The lowest BCUT2D eigenvalue weighted by molar-refractivity contribution is 0.0996. The van der Waals surface area contributed by atoms with Gasteiger partial charge in [0, 0.05) is 21.7 Å². The van der Waals surface area contributed by atoms with Crippen LogP contribution < -0.4 is 4.90 Å². The maximum Gasteiger partial charge on any atom is 0.314 e. The molecule has 0 radical (unpaired) electrons. The van der Waals surface area contributed by atoms with Crippen LogP contribution in [0.1, 0.15) is 28.2 Å². The lowest BCUT2D eigenvalue weighted by atomic mass is 10.0. The average molecular weight is 456 g/mol. The predicted octanol–water partition coefficient (Wildman–Crippen LogP) is 6.29. The van der Waals surface area contributed by atoms with E-state index in [0.29, 0.717) is 33.0 Å². The molecule has 0 bridgehead atoms. The van der Waals surface area contributed by atoms with Crippen molar-refractivity contribution in [3.8, 4) is 22.6 Å². The molecule has 1 aromatic heterocycles. The Hall–Kier alpha value is -3.65. The van der Waals surface area contributed by atoms with Crippen molar-refractivity contribution in [1.82, 2.24) is 10.2 Å². The number of nitrogens with zero attached hydrogens (tertiary/aromatic N) is 3. The second kappa shape index (κ2) is 7.80. The van der Waals surface area contributed by atoms with Gasteiger partial charge >= 0.3 is 6.43 Å². The molecule has 0 spiro atoms. The third kappa shape index (κ3) is 3.42. The third-order valence-electron chi connectivity index (χ3n) is 5.18. The summed E-state index contributed by atoms with van der Waals surface area (Å²) < 4.78 is 45.4. The molecule has 1 amide bonds. The maximum atomic E-state index is 14.9. The number of amides is 1. The second-order valence-corrected chi connectivity index (χ2v) is 7.59. The van der Waals surface area contributed by atoms with Crippen LogP contribution in [0.2, 0.25) is 5.02 Å². The smallest absolute Gasteiger partial charge is 0.314 e. The van der Waals surface area contributed by atoms with E-state index >= 15 is 0 Å². The van der Waals surface area contributed by atoms with E-state index in [1.807, 2.05) is 0 Å². The summed E-state index contributed by atoms with van der Waals surface area (Å²) in [5.74, 6) is -1.75. The van der Waals surface area contributed by atoms with E-state index in [1.165, 1.54) is 23.1 Å². The SMILES string of the molecule is O=C1c2cc(-c3nnc(C(F)F)o3)ccc2CN1c1cccc(F)c1-c1cccc(Cl)c1. The van der Waals surface area contributed by atoms with Gasteiger partial charge in [0.15, 0.2) is 0 Å². The van der Waals surface area contributed by atoms with E-state index < -0.39 is 18.1 Å². The van der Waals surface area contributed by atoms with Crippen LogP contribution in [-0.4, -0.2) is 16.1 Å². The Bertz CT molecular complexity index is 1360. The normalized spacial score (nSPS) is 13.2. The second-order valence-electron chi connectivity index (χ2n) is 7.15. The molecule has 2 heterocycles. The Labute approximate surface area is 185 Å². The van der Waals surface area contributed by atoms with Gasteiger partial charge < -0.3 is 9.32 Å². The predicted molar refractivity (Wildman–Crippen MR) is 112 cm³/mol. The fourth-order valence-corrected chi connectivity index (χ4v) is 3.93. The van der Waals surface area contributed by atoms with Gasteiger partial charge in [0.2, 0.25) is 5.89 Å². The van der Waals surface area contributed by atoms with Gasteiger partial charge in [-0.2, -0.15) is 8.78 Å². The molecule has 0 fully saturated rings. The number of rotatable bonds is 4. The molecule has 1 aliphatic rings. The molecule has 5 nitrogen and oxygen atoms in total. The molecule has 0 saturated heterocycles. The number of hydrogen-bond acceptors (Lipinski definition) is 4. The highest BCUT2D eigenvalue weighted by Crippen LogP contribution is 2.39. The lowest BCUT2D eigenvalue weighted by Crippen LogP contribution is -2.24. The Balaban J connectivity index is 1.54. The first-order valence-electron chi connectivity index (χ1n) is 9.53. The number of aromatic nitrogens is 2. The standard InChI is InChI=1S/C23H13ClF3N3O2/c24-15-4-1-3-12(9-15)19-17(25)5-2-6-18(19)30-11-14-8-7-13(10-16(14)23(30)31)21-28-29-22(32-21)20(26)27/h1-10,20H,11H2. The molecule has 5 rings (SSSR count). The molecular weight excluding hydrogens is 443 g/mol. The molecule has 32 heavy (non-hydrogen) atoms. The van der Waals surface area contributed by atoms with E-state index in [-0.39, 0.29) is 23.9 Å². The number of carbonyl (C=O) groups is 1. The van der Waals surface area contributed by atoms with Crippen LogP contribution in [0, 0.1) is 5.82 Å². The third-order valence-corrected chi connectivity index (χ3v) is 5.42. The highest BCUT2D eigenvalue weighted by Gasteiger charge is 2.32. The topological polar surface area (TPSA) is 59.2 Å². The van der Waals surface area contributed by atoms with Crippen molar-refractivity contribution in [1.29, 1.82) is 0 Å². The molecule has 0 atom stereocenters. The first-order chi connectivity index (χ1) is 15.4. The molecule has 160 valence electrons. The Morgan fingerprint density at radius 3 is 2.56 bits per heavy atom. The van der Waals surface area contributed by atoms with Gasteiger partial charge in [-0.15, -0.1) is 10.2 Å². The number of anilines is 1. The largest absolute Gasteiger partial charge is 0.415 e. The first kappa shape index (κ1) is 20.3. The minimum absolute atomic E-state index is 0.111. The summed E-state index contributed by atoms with van der Waals surface area (Å²) >= 11 is 6.09. The molecule has 0 aliphatic carbocycles. The quantitative estimate of drug-likeness (QED) is 0.362. The molecular formula is C23H13ClF3N3O2. The highest BCUT2D eigenvalue weighted by atomic mass is 35.5. The van der Waals surface area contributed by atoms with E-state index in [0.717, 1.165) is 0 Å². The van der Waals surface area contributed by atoms with Crippen LogP contribution in [0.15, 0.2) is 65.1 Å². The zero-order chi connectivity index (χ0) is 22.4. The highest BCUT2D eigenvalue weighted by molar-refractivity contribution is 6.30. The monoisotopic (exact) mass is 455 g/mol. The number of hydrogen-bond donors (Lipinski definition) is 0. The number of halogens is 4. The van der Waals surface area contributed by atoms with Crippen LogP contribution in [0.4, 0.5) is 18.9 Å². The summed E-state index contributed by atoms with van der Waals surface area (Å²) in [5.41, 5.74) is 2.59. The van der Waals surface area contributed by atoms with Crippen molar-refractivity contribution < 1.29 is 22.4 Å². The first-order valence-corrected chi connectivity index (χ1v) is 9.91. The van der Waals surface area contributed by atoms with Crippen molar-refractivity contribution in [3.63, 3.8) is 0 Å². The van der Waals surface area contributed by atoms with Gasteiger partial charge in [0.1, 0.15) is 5.82 Å². The van der Waals surface area contributed by atoms with Gasteiger partial charge in [-0.25, -0.2) is 4.39 Å². The summed E-state index contributed by atoms with van der Waals surface area (Å²) in [7, 11) is 0. The number of benzene rings is 3. The maximum absolute atomic E-state index is 14.9. The lowest BCUT2D eigenvalue weighted by Gasteiger charge is -2.20. The number of fused-ring (bicyclic) bond motifs is 1. The Kier molecular flexibility index (Phi) is 4.94. The Morgan fingerprint density at radius 1 is 1.00 bits per heavy atom. The summed E-state index contributed by atoms with van der Waals surface area (Å²) in [6.07, 6.45) is -2.89. The van der Waals surface area contributed by atoms with E-state index in [4.69, 9.17) is 16.0 Å². The fourth-order valence-electron chi connectivity index (χ4n) is 3.74. The number of carbonyl (C=O) groups excluding carboxylic acids is 1. The minimum atomic E-state index is -2.89. The molecule has 9 heteroatoms. The van der Waals surface area contributed by atoms with Crippen molar-refractivity contribution in [2.24, 2.45) is 0 Å². The zero-order valence-corrected chi connectivity index (χ0v) is 17.0. The molecule has 0 unspecified atom stereocenters. The molecule has 0 saturated carbocycles. The van der Waals surface area contributed by atoms with Gasteiger partial charge in [-0.05, 0) is 47.5 Å². The van der Waals surface area contributed by atoms with Gasteiger partial charge in [0.25, 0.3) is 11.8 Å². The van der Waals surface area contributed by atoms with Crippen LogP contribution >= 0.6 is 11.6 Å². The van der Waals surface area contributed by atoms with Crippen molar-refractivity contribution in [2.75, 3.05) is 4.90 Å². The summed E-state index contributed by atoms with van der Waals surface area (Å²) in [6.45, 7) is 0.220. The van der Waals surface area contributed by atoms with Crippen molar-refractivity contribution in [3.05, 3.63) is 88.5 Å².